The van der Waals surface area contributed by atoms with Gasteiger partial charge in [0.25, 0.3) is 0 Å². The number of aliphatic hydroxyl groups excluding tert-OH is 1. The van der Waals surface area contributed by atoms with Gasteiger partial charge in [-0.1, -0.05) is 18.9 Å². The zero-order valence-corrected chi connectivity index (χ0v) is 14.5. The summed E-state index contributed by atoms with van der Waals surface area (Å²) in [6, 6.07) is 5.87. The average Bonchev–Trinajstić information content (AvgIpc) is 2.62. The van der Waals surface area contributed by atoms with E-state index in [1.165, 1.54) is 19.6 Å². The number of halogens is 1. The molecule has 1 aromatic carbocycles. The first-order valence-corrected chi connectivity index (χ1v) is 9.15. The summed E-state index contributed by atoms with van der Waals surface area (Å²) < 4.78 is 18.5. The van der Waals surface area contributed by atoms with Gasteiger partial charge < -0.3 is 15.2 Å². The van der Waals surface area contributed by atoms with Crippen LogP contribution < -0.4 is 10.1 Å². The number of hydrogen-bond acceptors (Lipinski definition) is 4. The lowest BCUT2D eigenvalue weighted by Gasteiger charge is -2.41. The molecule has 2 fully saturated rings. The van der Waals surface area contributed by atoms with Crippen molar-refractivity contribution in [1.82, 2.24) is 10.2 Å². The second-order valence-electron chi connectivity index (χ2n) is 7.08. The molecule has 2 atom stereocenters. The number of rotatable bonds is 5. The highest BCUT2D eigenvalue weighted by molar-refractivity contribution is 5.30. The third-order valence-electron chi connectivity index (χ3n) is 5.50. The second-order valence-corrected chi connectivity index (χ2v) is 7.08. The van der Waals surface area contributed by atoms with E-state index in [1.54, 1.807) is 12.1 Å². The first kappa shape index (κ1) is 17.6. The van der Waals surface area contributed by atoms with Crippen molar-refractivity contribution < 1.29 is 14.2 Å². The first-order valence-electron chi connectivity index (χ1n) is 9.15. The van der Waals surface area contributed by atoms with E-state index in [2.05, 4.69) is 10.2 Å². The number of methoxy groups -OCH3 is 1. The predicted octanol–water partition coefficient (Wildman–Crippen LogP) is 2.69. The average molecular weight is 336 g/mol. The molecule has 1 saturated carbocycles. The minimum atomic E-state index is -0.319. The van der Waals surface area contributed by atoms with Crippen LogP contribution in [-0.2, 0) is 6.54 Å². The van der Waals surface area contributed by atoms with Gasteiger partial charge in [-0.15, -0.1) is 0 Å². The van der Waals surface area contributed by atoms with Gasteiger partial charge >= 0.3 is 0 Å². The van der Waals surface area contributed by atoms with Crippen LogP contribution in [0.4, 0.5) is 4.39 Å². The highest BCUT2D eigenvalue weighted by atomic mass is 19.1. The van der Waals surface area contributed by atoms with Crippen molar-refractivity contribution in [3.05, 3.63) is 29.6 Å². The largest absolute Gasteiger partial charge is 0.494 e. The minimum absolute atomic E-state index is 0.144. The Hall–Kier alpha value is -1.17. The molecule has 0 amide bonds. The fourth-order valence-electron chi connectivity index (χ4n) is 4.03. The summed E-state index contributed by atoms with van der Waals surface area (Å²) in [5.41, 5.74) is 1.04. The standard InChI is InChI=1S/C19H29FN2O2/c1-24-19-12-14(6-7-16(19)20)13-21-15-8-10-22(11-9-15)17-4-2-3-5-18(17)23/h6-7,12,15,17-18,21,23H,2-5,8-11,13H2,1H3/t17-,18-/m0/s1. The molecular formula is C19H29FN2O2. The molecule has 0 aromatic heterocycles. The highest BCUT2D eigenvalue weighted by Gasteiger charge is 2.31. The monoisotopic (exact) mass is 336 g/mol. The van der Waals surface area contributed by atoms with E-state index < -0.39 is 0 Å². The lowest BCUT2D eigenvalue weighted by atomic mass is 9.89. The van der Waals surface area contributed by atoms with Crippen LogP contribution in [-0.4, -0.2) is 48.4 Å². The number of likely N-dealkylation sites (tertiary alicyclic amines) is 1. The van der Waals surface area contributed by atoms with E-state index in [4.69, 9.17) is 4.74 Å². The van der Waals surface area contributed by atoms with E-state index in [0.29, 0.717) is 17.8 Å². The van der Waals surface area contributed by atoms with Crippen LogP contribution in [0.15, 0.2) is 18.2 Å². The molecule has 1 heterocycles. The molecule has 3 rings (SSSR count). The van der Waals surface area contributed by atoms with Gasteiger partial charge in [0.05, 0.1) is 13.2 Å². The van der Waals surface area contributed by atoms with Gasteiger partial charge in [0, 0.05) is 31.7 Å². The molecule has 0 unspecified atom stereocenters. The summed E-state index contributed by atoms with van der Waals surface area (Å²) in [5.74, 6) is -0.0176. The fourth-order valence-corrected chi connectivity index (χ4v) is 4.03. The quantitative estimate of drug-likeness (QED) is 0.868. The number of piperidine rings is 1. The lowest BCUT2D eigenvalue weighted by Crippen LogP contribution is -2.51. The van der Waals surface area contributed by atoms with Crippen molar-refractivity contribution in [2.45, 2.75) is 63.3 Å². The number of hydrogen-bond donors (Lipinski definition) is 2. The predicted molar refractivity (Wildman–Crippen MR) is 92.6 cm³/mol. The topological polar surface area (TPSA) is 44.7 Å². The molecule has 1 saturated heterocycles. The Morgan fingerprint density at radius 3 is 2.67 bits per heavy atom. The van der Waals surface area contributed by atoms with Crippen molar-refractivity contribution in [3.8, 4) is 5.75 Å². The Kier molecular flexibility index (Phi) is 6.09. The van der Waals surface area contributed by atoms with E-state index in [0.717, 1.165) is 57.3 Å². The van der Waals surface area contributed by atoms with E-state index >= 15 is 0 Å². The van der Waals surface area contributed by atoms with Crippen LogP contribution in [0, 0.1) is 5.82 Å². The van der Waals surface area contributed by atoms with Crippen molar-refractivity contribution >= 4 is 0 Å². The molecule has 2 N–H and O–H groups in total. The SMILES string of the molecule is COc1cc(CNC2CCN([C@H]3CCCC[C@@H]3O)CC2)ccc1F. The normalized spacial score (nSPS) is 26.5. The van der Waals surface area contributed by atoms with Crippen LogP contribution in [0.5, 0.6) is 5.75 Å². The maximum absolute atomic E-state index is 13.4. The summed E-state index contributed by atoms with van der Waals surface area (Å²) in [6.07, 6.45) is 6.55. The van der Waals surface area contributed by atoms with Crippen LogP contribution in [0.2, 0.25) is 0 Å². The van der Waals surface area contributed by atoms with Crippen LogP contribution >= 0.6 is 0 Å². The van der Waals surface area contributed by atoms with Gasteiger partial charge in [-0.2, -0.15) is 0 Å². The molecular weight excluding hydrogens is 307 g/mol. The van der Waals surface area contributed by atoms with Gasteiger partial charge in [0.2, 0.25) is 0 Å². The molecule has 1 aliphatic heterocycles. The van der Waals surface area contributed by atoms with Crippen molar-refractivity contribution in [2.75, 3.05) is 20.2 Å². The summed E-state index contributed by atoms with van der Waals surface area (Å²) in [7, 11) is 1.49. The maximum atomic E-state index is 13.4. The summed E-state index contributed by atoms with van der Waals surface area (Å²) in [6.45, 7) is 2.83. The number of nitrogens with one attached hydrogen (secondary N) is 1. The molecule has 4 nitrogen and oxygen atoms in total. The van der Waals surface area contributed by atoms with Gasteiger partial charge in [0.1, 0.15) is 0 Å². The molecule has 1 aliphatic carbocycles. The summed E-state index contributed by atoms with van der Waals surface area (Å²) in [5, 5.41) is 13.8. The third-order valence-corrected chi connectivity index (χ3v) is 5.50. The van der Waals surface area contributed by atoms with Crippen LogP contribution in [0.25, 0.3) is 0 Å². The molecule has 0 spiro atoms. The fraction of sp³-hybridized carbons (Fsp3) is 0.684. The smallest absolute Gasteiger partial charge is 0.165 e. The van der Waals surface area contributed by atoms with E-state index in [-0.39, 0.29) is 11.9 Å². The lowest BCUT2D eigenvalue weighted by molar-refractivity contribution is 0.00714. The number of aliphatic hydroxyl groups is 1. The molecule has 1 aromatic rings. The Morgan fingerprint density at radius 1 is 1.21 bits per heavy atom. The molecule has 0 radical (unpaired) electrons. The number of nitrogens with zero attached hydrogens (tertiary/aromatic N) is 1. The molecule has 134 valence electrons. The van der Waals surface area contributed by atoms with Crippen molar-refractivity contribution in [2.24, 2.45) is 0 Å². The highest BCUT2D eigenvalue weighted by Crippen LogP contribution is 2.26. The Balaban J connectivity index is 1.45. The molecule has 0 bridgehead atoms. The molecule has 24 heavy (non-hydrogen) atoms. The van der Waals surface area contributed by atoms with E-state index in [9.17, 15) is 9.50 Å². The number of benzene rings is 1. The van der Waals surface area contributed by atoms with E-state index in [1.807, 2.05) is 0 Å². The number of ether oxygens (including phenoxy) is 1. The van der Waals surface area contributed by atoms with Gasteiger partial charge in [-0.25, -0.2) is 4.39 Å². The third kappa shape index (κ3) is 4.26. The van der Waals surface area contributed by atoms with Crippen LogP contribution in [0.3, 0.4) is 0 Å². The summed E-state index contributed by atoms with van der Waals surface area (Å²) >= 11 is 0. The first-order chi connectivity index (χ1) is 11.7. The summed E-state index contributed by atoms with van der Waals surface area (Å²) in [4.78, 5) is 2.48. The molecule has 5 heteroatoms. The van der Waals surface area contributed by atoms with Gasteiger partial charge in [-0.3, -0.25) is 4.90 Å². The van der Waals surface area contributed by atoms with Crippen molar-refractivity contribution in [1.29, 1.82) is 0 Å². The van der Waals surface area contributed by atoms with Gasteiger partial charge in [-0.05, 0) is 43.4 Å². The minimum Gasteiger partial charge on any atom is -0.494 e. The molecule has 2 aliphatic rings. The zero-order valence-electron chi connectivity index (χ0n) is 14.5. The van der Waals surface area contributed by atoms with Crippen LogP contribution in [0.1, 0.15) is 44.1 Å². The Morgan fingerprint density at radius 2 is 1.96 bits per heavy atom. The second kappa shape index (κ2) is 8.28. The van der Waals surface area contributed by atoms with Gasteiger partial charge in [0.15, 0.2) is 11.6 Å². The Bertz CT molecular complexity index is 532. The van der Waals surface area contributed by atoms with Crippen molar-refractivity contribution in [3.63, 3.8) is 0 Å². The zero-order chi connectivity index (χ0) is 16.9. The maximum Gasteiger partial charge on any atom is 0.165 e. The Labute approximate surface area is 144 Å².